The standard InChI is InChI=1S/C16H34N4.HI/c1-5-15(3)19-16(17-4)18-10-6-7-11-20-12-8-9-14(2)13-20;/h14-15H,5-13H2,1-4H3,(H2,17,18,19);1H. The molecule has 0 aromatic rings. The number of nitrogens with zero attached hydrogens (tertiary/aromatic N) is 2. The van der Waals surface area contributed by atoms with Gasteiger partial charge in [0.25, 0.3) is 0 Å². The van der Waals surface area contributed by atoms with Gasteiger partial charge in [0.15, 0.2) is 5.96 Å². The lowest BCUT2D eigenvalue weighted by molar-refractivity contribution is 0.181. The summed E-state index contributed by atoms with van der Waals surface area (Å²) in [4.78, 5) is 6.88. The molecule has 2 N–H and O–H groups in total. The zero-order chi connectivity index (χ0) is 14.8. The van der Waals surface area contributed by atoms with Crippen LogP contribution in [0.1, 0.15) is 52.9 Å². The average molecular weight is 410 g/mol. The molecule has 0 aliphatic carbocycles. The van der Waals surface area contributed by atoms with Crippen LogP contribution in [0.5, 0.6) is 0 Å². The number of unbranched alkanes of at least 4 members (excludes halogenated alkanes) is 1. The van der Waals surface area contributed by atoms with Crippen molar-refractivity contribution in [1.82, 2.24) is 15.5 Å². The van der Waals surface area contributed by atoms with Crippen molar-refractivity contribution in [3.63, 3.8) is 0 Å². The lowest BCUT2D eigenvalue weighted by Gasteiger charge is -2.30. The normalized spacial score (nSPS) is 21.5. The number of rotatable bonds is 7. The molecule has 0 aromatic carbocycles. The fourth-order valence-corrected chi connectivity index (χ4v) is 2.69. The van der Waals surface area contributed by atoms with Gasteiger partial charge in [-0.25, -0.2) is 0 Å². The highest BCUT2D eigenvalue weighted by atomic mass is 127. The molecule has 1 rings (SSSR count). The Hall–Kier alpha value is -0.0400. The van der Waals surface area contributed by atoms with Gasteiger partial charge in [-0.1, -0.05) is 13.8 Å². The van der Waals surface area contributed by atoms with Gasteiger partial charge in [-0.2, -0.15) is 0 Å². The molecule has 0 amide bonds. The highest BCUT2D eigenvalue weighted by molar-refractivity contribution is 14.0. The van der Waals surface area contributed by atoms with Crippen LogP contribution in [0, 0.1) is 5.92 Å². The van der Waals surface area contributed by atoms with E-state index in [0.717, 1.165) is 24.8 Å². The Morgan fingerprint density at radius 3 is 2.76 bits per heavy atom. The van der Waals surface area contributed by atoms with Crippen molar-refractivity contribution in [2.24, 2.45) is 10.9 Å². The van der Waals surface area contributed by atoms with Gasteiger partial charge in [0, 0.05) is 26.2 Å². The number of halogens is 1. The monoisotopic (exact) mass is 410 g/mol. The second-order valence-electron chi connectivity index (χ2n) is 6.21. The van der Waals surface area contributed by atoms with E-state index >= 15 is 0 Å². The van der Waals surface area contributed by atoms with E-state index in [9.17, 15) is 0 Å². The molecule has 126 valence electrons. The second-order valence-corrected chi connectivity index (χ2v) is 6.21. The molecule has 1 saturated heterocycles. The fourth-order valence-electron chi connectivity index (χ4n) is 2.69. The lowest BCUT2D eigenvalue weighted by atomic mass is 10.0. The minimum atomic E-state index is 0. The van der Waals surface area contributed by atoms with Crippen molar-refractivity contribution < 1.29 is 0 Å². The van der Waals surface area contributed by atoms with E-state index in [-0.39, 0.29) is 24.0 Å². The molecule has 4 nitrogen and oxygen atoms in total. The van der Waals surface area contributed by atoms with Gasteiger partial charge in [-0.3, -0.25) is 4.99 Å². The van der Waals surface area contributed by atoms with Crippen molar-refractivity contribution in [3.05, 3.63) is 0 Å². The summed E-state index contributed by atoms with van der Waals surface area (Å²) in [6.07, 6.45) is 6.40. The van der Waals surface area contributed by atoms with E-state index in [1.165, 1.54) is 45.3 Å². The molecule has 1 aliphatic rings. The third kappa shape index (κ3) is 9.55. The summed E-state index contributed by atoms with van der Waals surface area (Å²) in [6.45, 7) is 11.6. The molecule has 1 fully saturated rings. The van der Waals surface area contributed by atoms with Crippen LogP contribution in [0.2, 0.25) is 0 Å². The van der Waals surface area contributed by atoms with Crippen LogP contribution in [0.25, 0.3) is 0 Å². The van der Waals surface area contributed by atoms with Crippen molar-refractivity contribution >= 4 is 29.9 Å². The third-order valence-corrected chi connectivity index (χ3v) is 4.15. The van der Waals surface area contributed by atoms with Gasteiger partial charge in [0.1, 0.15) is 0 Å². The molecular formula is C16H35IN4. The van der Waals surface area contributed by atoms with Gasteiger partial charge in [-0.15, -0.1) is 24.0 Å². The van der Waals surface area contributed by atoms with Gasteiger partial charge in [0.2, 0.25) is 0 Å². The Morgan fingerprint density at radius 2 is 2.14 bits per heavy atom. The zero-order valence-corrected chi connectivity index (χ0v) is 16.7. The summed E-state index contributed by atoms with van der Waals surface area (Å²) in [5.41, 5.74) is 0. The number of piperidine rings is 1. The molecule has 2 unspecified atom stereocenters. The molecule has 0 radical (unpaired) electrons. The predicted octanol–water partition coefficient (Wildman–Crippen LogP) is 3.08. The molecule has 21 heavy (non-hydrogen) atoms. The Kier molecular flexibility index (Phi) is 12.5. The first-order chi connectivity index (χ1) is 9.65. The molecule has 0 aromatic heterocycles. The largest absolute Gasteiger partial charge is 0.356 e. The van der Waals surface area contributed by atoms with Crippen molar-refractivity contribution in [1.29, 1.82) is 0 Å². The zero-order valence-electron chi connectivity index (χ0n) is 14.3. The molecule has 0 saturated carbocycles. The summed E-state index contributed by atoms with van der Waals surface area (Å²) in [6, 6.07) is 0.482. The second kappa shape index (κ2) is 12.5. The van der Waals surface area contributed by atoms with E-state index in [0.29, 0.717) is 6.04 Å². The van der Waals surface area contributed by atoms with Crippen LogP contribution in [-0.2, 0) is 0 Å². The highest BCUT2D eigenvalue weighted by Gasteiger charge is 2.15. The van der Waals surface area contributed by atoms with Gasteiger partial charge in [0.05, 0.1) is 0 Å². The predicted molar refractivity (Wildman–Crippen MR) is 104 cm³/mol. The Bertz CT molecular complexity index is 283. The SMILES string of the molecule is CCC(C)NC(=NC)NCCCCN1CCCC(C)C1.I. The van der Waals surface area contributed by atoms with Crippen LogP contribution in [0.3, 0.4) is 0 Å². The first-order valence-corrected chi connectivity index (χ1v) is 8.35. The number of hydrogen-bond donors (Lipinski definition) is 2. The maximum Gasteiger partial charge on any atom is 0.191 e. The van der Waals surface area contributed by atoms with Gasteiger partial charge in [-0.05, 0) is 58.0 Å². The average Bonchev–Trinajstić information content (AvgIpc) is 2.45. The number of guanidine groups is 1. The summed E-state index contributed by atoms with van der Waals surface area (Å²) < 4.78 is 0. The maximum atomic E-state index is 4.26. The minimum Gasteiger partial charge on any atom is -0.356 e. The fraction of sp³-hybridized carbons (Fsp3) is 0.938. The smallest absolute Gasteiger partial charge is 0.191 e. The Balaban J connectivity index is 0.00000400. The first-order valence-electron chi connectivity index (χ1n) is 8.35. The van der Waals surface area contributed by atoms with Gasteiger partial charge < -0.3 is 15.5 Å². The van der Waals surface area contributed by atoms with Crippen LogP contribution in [0.15, 0.2) is 4.99 Å². The lowest BCUT2D eigenvalue weighted by Crippen LogP contribution is -2.42. The summed E-state index contributed by atoms with van der Waals surface area (Å²) in [5.74, 6) is 1.83. The number of aliphatic imine (C=N–C) groups is 1. The van der Waals surface area contributed by atoms with Crippen molar-refractivity contribution in [2.45, 2.75) is 58.9 Å². The van der Waals surface area contributed by atoms with E-state index in [1.54, 1.807) is 0 Å². The number of likely N-dealkylation sites (tertiary alicyclic amines) is 1. The summed E-state index contributed by atoms with van der Waals surface area (Å²) in [7, 11) is 1.84. The van der Waals surface area contributed by atoms with E-state index in [1.807, 2.05) is 7.05 Å². The molecule has 2 atom stereocenters. The molecule has 1 heterocycles. The Labute approximate surface area is 148 Å². The Morgan fingerprint density at radius 1 is 1.38 bits per heavy atom. The molecule has 1 aliphatic heterocycles. The van der Waals surface area contributed by atoms with Crippen LogP contribution >= 0.6 is 24.0 Å². The van der Waals surface area contributed by atoms with Crippen LogP contribution < -0.4 is 10.6 Å². The molecule has 0 bridgehead atoms. The summed E-state index contributed by atoms with van der Waals surface area (Å²) in [5, 5.41) is 6.79. The highest BCUT2D eigenvalue weighted by Crippen LogP contribution is 2.15. The first kappa shape index (κ1) is 21.0. The van der Waals surface area contributed by atoms with Crippen LogP contribution in [-0.4, -0.2) is 50.1 Å². The quantitative estimate of drug-likeness (QED) is 0.293. The van der Waals surface area contributed by atoms with Gasteiger partial charge >= 0.3 is 0 Å². The maximum absolute atomic E-state index is 4.26. The third-order valence-electron chi connectivity index (χ3n) is 4.15. The van der Waals surface area contributed by atoms with E-state index in [4.69, 9.17) is 0 Å². The topological polar surface area (TPSA) is 39.7 Å². The van der Waals surface area contributed by atoms with E-state index < -0.39 is 0 Å². The van der Waals surface area contributed by atoms with Crippen molar-refractivity contribution in [3.8, 4) is 0 Å². The van der Waals surface area contributed by atoms with E-state index in [2.05, 4.69) is 41.3 Å². The molecular weight excluding hydrogens is 375 g/mol. The molecule has 0 spiro atoms. The number of nitrogens with one attached hydrogen (secondary N) is 2. The molecule has 5 heteroatoms. The van der Waals surface area contributed by atoms with Crippen molar-refractivity contribution in [2.75, 3.05) is 33.2 Å². The summed E-state index contributed by atoms with van der Waals surface area (Å²) >= 11 is 0. The minimum absolute atomic E-state index is 0. The number of hydrogen-bond acceptors (Lipinski definition) is 2. The van der Waals surface area contributed by atoms with Crippen LogP contribution in [0.4, 0.5) is 0 Å².